The first-order valence-corrected chi connectivity index (χ1v) is 6.71. The zero-order chi connectivity index (χ0) is 11.5. The number of nitrogens with zero attached hydrogens (tertiary/aromatic N) is 2. The van der Waals surface area contributed by atoms with Crippen LogP contribution in [0.3, 0.4) is 0 Å². The first-order chi connectivity index (χ1) is 7.68. The molecular formula is C11H16IN3O. The number of nitrogens with one attached hydrogen (secondary N) is 1. The third-order valence-corrected chi connectivity index (χ3v) is 3.76. The summed E-state index contributed by atoms with van der Waals surface area (Å²) in [5, 5.41) is 3.45. The van der Waals surface area contributed by atoms with Crippen molar-refractivity contribution in [1.29, 1.82) is 0 Å². The number of hydrogen-bond acceptors (Lipinski definition) is 3. The van der Waals surface area contributed by atoms with E-state index in [9.17, 15) is 4.79 Å². The summed E-state index contributed by atoms with van der Waals surface area (Å²) >= 11 is 2.04. The van der Waals surface area contributed by atoms with Crippen molar-refractivity contribution in [2.75, 3.05) is 6.54 Å². The molecular weight excluding hydrogens is 317 g/mol. The van der Waals surface area contributed by atoms with E-state index in [1.165, 1.54) is 12.8 Å². The van der Waals surface area contributed by atoms with Gasteiger partial charge < -0.3 is 5.32 Å². The Morgan fingerprint density at radius 1 is 1.62 bits per heavy atom. The van der Waals surface area contributed by atoms with Crippen LogP contribution in [0.25, 0.3) is 0 Å². The summed E-state index contributed by atoms with van der Waals surface area (Å²) in [4.78, 5) is 16.2. The molecule has 1 aromatic rings. The number of aromatic nitrogens is 2. The molecule has 0 radical (unpaired) electrons. The summed E-state index contributed by atoms with van der Waals surface area (Å²) in [5.41, 5.74) is 0.0838. The minimum Gasteiger partial charge on any atom is -0.312 e. The van der Waals surface area contributed by atoms with Gasteiger partial charge in [0, 0.05) is 18.8 Å². The highest BCUT2D eigenvalue weighted by Gasteiger charge is 2.15. The first-order valence-electron chi connectivity index (χ1n) is 5.64. The molecule has 1 N–H and O–H groups in total. The fraction of sp³-hybridized carbons (Fsp3) is 0.636. The van der Waals surface area contributed by atoms with Crippen molar-refractivity contribution in [3.8, 4) is 0 Å². The molecule has 2 rings (SSSR count). The molecule has 1 aliphatic rings. The van der Waals surface area contributed by atoms with E-state index in [1.54, 1.807) is 10.8 Å². The first kappa shape index (κ1) is 12.0. The second kappa shape index (κ2) is 5.27. The molecule has 1 fully saturated rings. The fourth-order valence-corrected chi connectivity index (χ4v) is 2.50. The molecule has 1 aliphatic heterocycles. The van der Waals surface area contributed by atoms with Gasteiger partial charge in [0.25, 0.3) is 5.56 Å². The van der Waals surface area contributed by atoms with Gasteiger partial charge in [0.2, 0.25) is 0 Å². The van der Waals surface area contributed by atoms with E-state index in [2.05, 4.69) is 10.3 Å². The Labute approximate surface area is 109 Å². The van der Waals surface area contributed by atoms with Crippen LogP contribution < -0.4 is 10.9 Å². The van der Waals surface area contributed by atoms with E-state index >= 15 is 0 Å². The van der Waals surface area contributed by atoms with Crippen molar-refractivity contribution in [2.24, 2.45) is 0 Å². The smallest absolute Gasteiger partial charge is 0.266 e. The monoisotopic (exact) mass is 333 g/mol. The molecule has 0 spiro atoms. The average Bonchev–Trinajstić information content (AvgIpc) is 2.31. The molecule has 5 heteroatoms. The molecule has 0 amide bonds. The second-order valence-electron chi connectivity index (χ2n) is 4.22. The van der Waals surface area contributed by atoms with E-state index in [-0.39, 0.29) is 5.56 Å². The minimum absolute atomic E-state index is 0.0838. The van der Waals surface area contributed by atoms with E-state index in [0.29, 0.717) is 9.61 Å². The van der Waals surface area contributed by atoms with Gasteiger partial charge in [-0.2, -0.15) is 0 Å². The summed E-state index contributed by atoms with van der Waals surface area (Å²) in [5.74, 6) is 0.804. The molecule has 4 nitrogen and oxygen atoms in total. The van der Waals surface area contributed by atoms with Gasteiger partial charge in [-0.15, -0.1) is 0 Å². The summed E-state index contributed by atoms with van der Waals surface area (Å²) in [6.07, 6.45) is 5.29. The van der Waals surface area contributed by atoms with Crippen LogP contribution in [0.2, 0.25) is 0 Å². The summed E-state index contributed by atoms with van der Waals surface area (Å²) in [7, 11) is 0. The molecule has 1 saturated heterocycles. The van der Waals surface area contributed by atoms with Crippen LogP contribution in [-0.2, 0) is 6.54 Å². The van der Waals surface area contributed by atoms with Gasteiger partial charge in [0.1, 0.15) is 5.82 Å². The van der Waals surface area contributed by atoms with Crippen molar-refractivity contribution >= 4 is 22.6 Å². The van der Waals surface area contributed by atoms with Crippen LogP contribution in [0.4, 0.5) is 0 Å². The van der Waals surface area contributed by atoms with Crippen molar-refractivity contribution in [1.82, 2.24) is 14.9 Å². The van der Waals surface area contributed by atoms with Crippen molar-refractivity contribution in [2.45, 2.75) is 38.8 Å². The standard InChI is InChI=1S/C11H16IN3O/c1-8-14-6-10(12)11(16)15(8)7-9-4-2-3-5-13-9/h6,9,13H,2-5,7H2,1H3. The van der Waals surface area contributed by atoms with Gasteiger partial charge in [-0.1, -0.05) is 6.42 Å². The molecule has 1 aromatic heterocycles. The molecule has 0 bridgehead atoms. The fourth-order valence-electron chi connectivity index (χ4n) is 2.07. The lowest BCUT2D eigenvalue weighted by atomic mass is 10.1. The van der Waals surface area contributed by atoms with Gasteiger partial charge in [-0.05, 0) is 48.9 Å². The van der Waals surface area contributed by atoms with Gasteiger partial charge >= 0.3 is 0 Å². The van der Waals surface area contributed by atoms with E-state index in [4.69, 9.17) is 0 Å². The molecule has 88 valence electrons. The number of hydrogen-bond donors (Lipinski definition) is 1. The SMILES string of the molecule is Cc1ncc(I)c(=O)n1CC1CCCCN1. The van der Waals surface area contributed by atoms with Crippen LogP contribution >= 0.6 is 22.6 Å². The zero-order valence-electron chi connectivity index (χ0n) is 9.37. The number of aryl methyl sites for hydroxylation is 1. The average molecular weight is 333 g/mol. The van der Waals surface area contributed by atoms with E-state index < -0.39 is 0 Å². The number of rotatable bonds is 2. The lowest BCUT2D eigenvalue weighted by Gasteiger charge is -2.24. The Hall–Kier alpha value is -0.430. The highest BCUT2D eigenvalue weighted by molar-refractivity contribution is 14.1. The maximum atomic E-state index is 12.0. The molecule has 1 atom stereocenters. The highest BCUT2D eigenvalue weighted by atomic mass is 127. The second-order valence-corrected chi connectivity index (χ2v) is 5.38. The Morgan fingerprint density at radius 3 is 3.12 bits per heavy atom. The Balaban J connectivity index is 2.20. The third kappa shape index (κ3) is 2.63. The Kier molecular flexibility index (Phi) is 3.96. The molecule has 0 aromatic carbocycles. The van der Waals surface area contributed by atoms with Crippen molar-refractivity contribution in [3.63, 3.8) is 0 Å². The lowest BCUT2D eigenvalue weighted by Crippen LogP contribution is -2.41. The topological polar surface area (TPSA) is 46.9 Å². The van der Waals surface area contributed by atoms with E-state index in [0.717, 1.165) is 25.3 Å². The predicted molar refractivity (Wildman–Crippen MR) is 71.6 cm³/mol. The maximum absolute atomic E-state index is 12.0. The molecule has 1 unspecified atom stereocenters. The van der Waals surface area contributed by atoms with Gasteiger partial charge in [0.05, 0.1) is 3.57 Å². The van der Waals surface area contributed by atoms with Crippen LogP contribution in [0.1, 0.15) is 25.1 Å². The molecule has 0 saturated carbocycles. The Morgan fingerprint density at radius 2 is 2.44 bits per heavy atom. The zero-order valence-corrected chi connectivity index (χ0v) is 11.5. The summed E-state index contributed by atoms with van der Waals surface area (Å²) < 4.78 is 2.48. The van der Waals surface area contributed by atoms with E-state index in [1.807, 2.05) is 29.5 Å². The summed E-state index contributed by atoms with van der Waals surface area (Å²) in [6, 6.07) is 0.421. The molecule has 0 aliphatic carbocycles. The molecule has 16 heavy (non-hydrogen) atoms. The van der Waals surface area contributed by atoms with Crippen LogP contribution in [0.5, 0.6) is 0 Å². The van der Waals surface area contributed by atoms with Crippen LogP contribution in [0.15, 0.2) is 11.0 Å². The van der Waals surface area contributed by atoms with Crippen molar-refractivity contribution in [3.05, 3.63) is 25.9 Å². The number of halogens is 1. The minimum atomic E-state index is 0.0838. The molecule has 2 heterocycles. The van der Waals surface area contributed by atoms with Crippen molar-refractivity contribution < 1.29 is 0 Å². The third-order valence-electron chi connectivity index (χ3n) is 3.02. The van der Waals surface area contributed by atoms with Gasteiger partial charge in [0.15, 0.2) is 0 Å². The number of piperidine rings is 1. The largest absolute Gasteiger partial charge is 0.312 e. The maximum Gasteiger partial charge on any atom is 0.266 e. The lowest BCUT2D eigenvalue weighted by molar-refractivity contribution is 0.355. The Bertz CT molecular complexity index is 424. The van der Waals surface area contributed by atoms with Crippen LogP contribution in [0, 0.1) is 10.5 Å². The quantitative estimate of drug-likeness (QED) is 0.830. The van der Waals surface area contributed by atoms with Crippen LogP contribution in [-0.4, -0.2) is 22.1 Å². The predicted octanol–water partition coefficient (Wildman–Crippen LogP) is 1.30. The van der Waals surface area contributed by atoms with Gasteiger partial charge in [-0.3, -0.25) is 9.36 Å². The van der Waals surface area contributed by atoms with Gasteiger partial charge in [-0.25, -0.2) is 4.98 Å². The normalized spacial score (nSPS) is 21.0. The highest BCUT2D eigenvalue weighted by Crippen LogP contribution is 2.09. The summed E-state index contributed by atoms with van der Waals surface area (Å²) in [6.45, 7) is 3.70.